The van der Waals surface area contributed by atoms with Crippen LogP contribution in [0.15, 0.2) is 47.3 Å². The molecule has 10 heteroatoms. The van der Waals surface area contributed by atoms with E-state index in [9.17, 15) is 22.8 Å². The van der Waals surface area contributed by atoms with Gasteiger partial charge in [0.25, 0.3) is 11.5 Å². The average molecular weight is 446 g/mol. The number of benzene rings is 2. The number of nitrogens with zero attached hydrogens (tertiary/aromatic N) is 2. The number of aromatic amines is 1. The number of ether oxygens (including phenoxy) is 1. The molecule has 1 aliphatic heterocycles. The second-order valence-electron chi connectivity index (χ2n) is 7.59. The Balaban J connectivity index is 1.45. The van der Waals surface area contributed by atoms with Crippen molar-refractivity contribution in [3.05, 3.63) is 69.8 Å². The SMILES string of the molecule is Cc1c(NC(=O)C2CN(Cc3nc4ccccc4c(=O)[nH]3)CCO2)cccc1C(F)(F)F. The summed E-state index contributed by atoms with van der Waals surface area (Å²) >= 11 is 0. The predicted octanol–water partition coefficient (Wildman–Crippen LogP) is 3.09. The molecule has 4 rings (SSSR count). The third kappa shape index (κ3) is 4.66. The largest absolute Gasteiger partial charge is 0.416 e. The highest BCUT2D eigenvalue weighted by Crippen LogP contribution is 2.34. The molecule has 0 radical (unpaired) electrons. The molecule has 1 fully saturated rings. The number of para-hydroxylation sites is 1. The summed E-state index contributed by atoms with van der Waals surface area (Å²) < 4.78 is 44.9. The lowest BCUT2D eigenvalue weighted by molar-refractivity contribution is -0.138. The van der Waals surface area contributed by atoms with Crippen molar-refractivity contribution in [2.24, 2.45) is 0 Å². The van der Waals surface area contributed by atoms with Gasteiger partial charge in [-0.25, -0.2) is 4.98 Å². The fourth-order valence-electron chi connectivity index (χ4n) is 3.72. The van der Waals surface area contributed by atoms with E-state index in [4.69, 9.17) is 4.74 Å². The maximum Gasteiger partial charge on any atom is 0.416 e. The number of amides is 1. The molecule has 2 heterocycles. The minimum Gasteiger partial charge on any atom is -0.366 e. The van der Waals surface area contributed by atoms with Gasteiger partial charge in [-0.3, -0.25) is 14.5 Å². The second-order valence-corrected chi connectivity index (χ2v) is 7.59. The summed E-state index contributed by atoms with van der Waals surface area (Å²) in [4.78, 5) is 34.1. The minimum absolute atomic E-state index is 0.0565. The summed E-state index contributed by atoms with van der Waals surface area (Å²) in [5.74, 6) is -0.0689. The smallest absolute Gasteiger partial charge is 0.366 e. The highest BCUT2D eigenvalue weighted by molar-refractivity contribution is 5.95. The van der Waals surface area contributed by atoms with Crippen LogP contribution in [0.4, 0.5) is 18.9 Å². The molecule has 1 aromatic heterocycles. The van der Waals surface area contributed by atoms with Crippen molar-refractivity contribution in [3.63, 3.8) is 0 Å². The fraction of sp³-hybridized carbons (Fsp3) is 0.318. The molecule has 0 bridgehead atoms. The number of alkyl halides is 3. The van der Waals surface area contributed by atoms with E-state index in [0.29, 0.717) is 29.8 Å². The van der Waals surface area contributed by atoms with Crippen molar-refractivity contribution in [1.29, 1.82) is 0 Å². The summed E-state index contributed by atoms with van der Waals surface area (Å²) in [5, 5.41) is 3.04. The van der Waals surface area contributed by atoms with Crippen LogP contribution in [0.5, 0.6) is 0 Å². The number of rotatable bonds is 4. The molecule has 1 unspecified atom stereocenters. The Morgan fingerprint density at radius 1 is 1.25 bits per heavy atom. The van der Waals surface area contributed by atoms with E-state index in [1.54, 1.807) is 24.3 Å². The van der Waals surface area contributed by atoms with Gasteiger partial charge in [-0.05, 0) is 36.8 Å². The first-order chi connectivity index (χ1) is 15.2. The number of aromatic nitrogens is 2. The maximum absolute atomic E-state index is 13.1. The summed E-state index contributed by atoms with van der Waals surface area (Å²) in [5.41, 5.74) is -0.431. The maximum atomic E-state index is 13.1. The number of carbonyl (C=O) groups excluding carboxylic acids is 1. The number of hydrogen-bond donors (Lipinski definition) is 2. The van der Waals surface area contributed by atoms with E-state index in [0.717, 1.165) is 6.07 Å². The topological polar surface area (TPSA) is 87.3 Å². The molecule has 1 saturated heterocycles. The molecule has 2 N–H and O–H groups in total. The molecular weight excluding hydrogens is 425 g/mol. The highest BCUT2D eigenvalue weighted by atomic mass is 19.4. The van der Waals surface area contributed by atoms with Gasteiger partial charge in [0.05, 0.1) is 29.6 Å². The quantitative estimate of drug-likeness (QED) is 0.643. The Morgan fingerprint density at radius 3 is 2.81 bits per heavy atom. The molecule has 1 amide bonds. The van der Waals surface area contributed by atoms with Gasteiger partial charge in [-0.15, -0.1) is 0 Å². The number of morpholine rings is 1. The fourth-order valence-corrected chi connectivity index (χ4v) is 3.72. The van der Waals surface area contributed by atoms with Crippen LogP contribution in [-0.4, -0.2) is 46.6 Å². The number of fused-ring (bicyclic) bond motifs is 1. The zero-order chi connectivity index (χ0) is 22.9. The van der Waals surface area contributed by atoms with Crippen molar-refractivity contribution in [1.82, 2.24) is 14.9 Å². The third-order valence-electron chi connectivity index (χ3n) is 5.38. The number of H-pyrrole nitrogens is 1. The van der Waals surface area contributed by atoms with Crippen LogP contribution in [0.25, 0.3) is 10.9 Å². The van der Waals surface area contributed by atoms with E-state index in [1.807, 2.05) is 4.90 Å². The van der Waals surface area contributed by atoms with Gasteiger partial charge in [-0.1, -0.05) is 18.2 Å². The van der Waals surface area contributed by atoms with E-state index in [-0.39, 0.29) is 30.0 Å². The highest BCUT2D eigenvalue weighted by Gasteiger charge is 2.34. The van der Waals surface area contributed by atoms with Gasteiger partial charge >= 0.3 is 6.18 Å². The lowest BCUT2D eigenvalue weighted by Crippen LogP contribution is -2.47. The Labute approximate surface area is 181 Å². The summed E-state index contributed by atoms with van der Waals surface area (Å²) in [7, 11) is 0. The van der Waals surface area contributed by atoms with Gasteiger partial charge in [0.2, 0.25) is 0 Å². The molecule has 2 aromatic carbocycles. The number of carbonyl (C=O) groups is 1. The molecule has 168 valence electrons. The molecule has 1 aliphatic rings. The van der Waals surface area contributed by atoms with Crippen LogP contribution in [0.3, 0.4) is 0 Å². The lowest BCUT2D eigenvalue weighted by Gasteiger charge is -2.31. The Kier molecular flexibility index (Phi) is 5.98. The van der Waals surface area contributed by atoms with Crippen molar-refractivity contribution in [3.8, 4) is 0 Å². The van der Waals surface area contributed by atoms with Crippen molar-refractivity contribution in [2.45, 2.75) is 25.7 Å². The summed E-state index contributed by atoms with van der Waals surface area (Å²) in [6, 6.07) is 10.6. The molecule has 3 aromatic rings. The van der Waals surface area contributed by atoms with Crippen LogP contribution in [0.1, 0.15) is 17.0 Å². The summed E-state index contributed by atoms with van der Waals surface area (Å²) in [6.45, 7) is 2.60. The lowest BCUT2D eigenvalue weighted by atomic mass is 10.1. The third-order valence-corrected chi connectivity index (χ3v) is 5.38. The number of nitrogens with one attached hydrogen (secondary N) is 2. The van der Waals surface area contributed by atoms with Crippen LogP contribution >= 0.6 is 0 Å². The van der Waals surface area contributed by atoms with Crippen LogP contribution in [0, 0.1) is 6.92 Å². The molecule has 1 atom stereocenters. The van der Waals surface area contributed by atoms with E-state index >= 15 is 0 Å². The first-order valence-electron chi connectivity index (χ1n) is 10.0. The number of halogens is 3. The van der Waals surface area contributed by atoms with Gasteiger partial charge in [0.15, 0.2) is 0 Å². The van der Waals surface area contributed by atoms with Gasteiger partial charge < -0.3 is 15.0 Å². The predicted molar refractivity (Wildman–Crippen MR) is 112 cm³/mol. The standard InChI is InChI=1S/C22H21F3N4O3/c1-13-15(22(23,24)25)6-4-8-16(13)27-21(31)18-11-29(9-10-32-18)12-19-26-17-7-3-2-5-14(17)20(30)28-19/h2-8,18H,9-12H2,1H3,(H,27,31)(H,26,28,30). The second kappa shape index (κ2) is 8.71. The van der Waals surface area contributed by atoms with Crippen LogP contribution in [-0.2, 0) is 22.3 Å². The average Bonchev–Trinajstić information content (AvgIpc) is 2.74. The first kappa shape index (κ1) is 22.0. The molecule has 7 nitrogen and oxygen atoms in total. The zero-order valence-corrected chi connectivity index (χ0v) is 17.2. The van der Waals surface area contributed by atoms with Crippen molar-refractivity contribution < 1.29 is 22.7 Å². The monoisotopic (exact) mass is 446 g/mol. The van der Waals surface area contributed by atoms with E-state index in [1.165, 1.54) is 19.1 Å². The number of anilines is 1. The molecule has 32 heavy (non-hydrogen) atoms. The van der Waals surface area contributed by atoms with Crippen molar-refractivity contribution in [2.75, 3.05) is 25.0 Å². The minimum atomic E-state index is -4.51. The Hall–Kier alpha value is -3.24. The van der Waals surface area contributed by atoms with Crippen LogP contribution in [0.2, 0.25) is 0 Å². The Bertz CT molecular complexity index is 1210. The zero-order valence-electron chi connectivity index (χ0n) is 17.2. The molecule has 0 spiro atoms. The molecular formula is C22H21F3N4O3. The van der Waals surface area contributed by atoms with Gasteiger partial charge in [-0.2, -0.15) is 13.2 Å². The van der Waals surface area contributed by atoms with Gasteiger partial charge in [0, 0.05) is 18.8 Å². The van der Waals surface area contributed by atoms with Gasteiger partial charge in [0.1, 0.15) is 11.9 Å². The summed E-state index contributed by atoms with van der Waals surface area (Å²) in [6.07, 6.45) is -5.38. The van der Waals surface area contributed by atoms with Crippen molar-refractivity contribution >= 4 is 22.5 Å². The van der Waals surface area contributed by atoms with E-state index in [2.05, 4.69) is 15.3 Å². The van der Waals surface area contributed by atoms with Crippen LogP contribution < -0.4 is 10.9 Å². The first-order valence-corrected chi connectivity index (χ1v) is 10.0. The normalized spacial score (nSPS) is 17.4. The Morgan fingerprint density at radius 2 is 2.03 bits per heavy atom. The van der Waals surface area contributed by atoms with E-state index < -0.39 is 23.8 Å². The molecule has 0 aliphatic carbocycles. The molecule has 0 saturated carbocycles. The number of hydrogen-bond acceptors (Lipinski definition) is 5.